The smallest absolute Gasteiger partial charge is 0.252 e. The number of piperazine rings is 1. The molecule has 3 aromatic rings. The van der Waals surface area contributed by atoms with Crippen molar-refractivity contribution in [3.8, 4) is 11.5 Å². The van der Waals surface area contributed by atoms with Crippen LogP contribution in [0, 0.1) is 19.7 Å². The third kappa shape index (κ3) is 8.47. The summed E-state index contributed by atoms with van der Waals surface area (Å²) in [6.45, 7) is 5.63. The zero-order valence-electron chi connectivity index (χ0n) is 28.6. The first-order valence-corrected chi connectivity index (χ1v) is 17.7. The molecule has 9 nitrogen and oxygen atoms in total. The summed E-state index contributed by atoms with van der Waals surface area (Å²) in [5.41, 5.74) is 10.4. The lowest BCUT2D eigenvalue weighted by atomic mass is 9.82. The normalized spacial score (nSPS) is 18.5. The Morgan fingerprint density at radius 3 is 2.42 bits per heavy atom. The number of ether oxygens (including phenoxy) is 2. The van der Waals surface area contributed by atoms with Crippen LogP contribution in [-0.4, -0.2) is 72.0 Å². The Morgan fingerprint density at radius 2 is 1.70 bits per heavy atom. The molecule has 3 N–H and O–H groups in total. The van der Waals surface area contributed by atoms with E-state index in [1.807, 2.05) is 50.2 Å². The topological polar surface area (TPSA) is 114 Å². The van der Waals surface area contributed by atoms with E-state index in [9.17, 15) is 18.8 Å². The molecule has 6 rings (SSSR count). The van der Waals surface area contributed by atoms with Gasteiger partial charge in [0.2, 0.25) is 11.8 Å². The highest BCUT2D eigenvalue weighted by molar-refractivity contribution is 6.32. The van der Waals surface area contributed by atoms with Crippen molar-refractivity contribution in [1.29, 1.82) is 0 Å². The van der Waals surface area contributed by atoms with Crippen molar-refractivity contribution < 1.29 is 28.2 Å². The number of hydrogen-bond acceptors (Lipinski definition) is 6. The molecule has 1 aliphatic carbocycles. The molecule has 50 heavy (non-hydrogen) atoms. The second-order valence-corrected chi connectivity index (χ2v) is 13.9. The van der Waals surface area contributed by atoms with Gasteiger partial charge in [0.25, 0.3) is 5.91 Å². The molecule has 3 aromatic carbocycles. The molecule has 1 saturated carbocycles. The van der Waals surface area contributed by atoms with Crippen molar-refractivity contribution in [2.75, 3.05) is 26.3 Å². The number of carbonyl (C=O) groups is 3. The highest BCUT2D eigenvalue weighted by atomic mass is 35.5. The number of carbonyl (C=O) groups excluding carboxylic acids is 3. The number of primary amides is 1. The average molecular weight is 703 g/mol. The second kappa shape index (κ2) is 15.6. The van der Waals surface area contributed by atoms with E-state index in [1.54, 1.807) is 28.0 Å². The minimum absolute atomic E-state index is 0.0282. The molecule has 0 radical (unpaired) electrons. The van der Waals surface area contributed by atoms with Crippen LogP contribution in [0.15, 0.2) is 66.2 Å². The Kier molecular flexibility index (Phi) is 11.1. The van der Waals surface area contributed by atoms with Crippen LogP contribution in [0.5, 0.6) is 11.5 Å². The van der Waals surface area contributed by atoms with E-state index in [2.05, 4.69) is 5.32 Å². The SMILES string of the molecule is Cc1cc(Cl)c(OCCOc2ccc(C3=C(C(=O)N(Cc4ccccc4F)C4CC4)[C@H]4CN(C(=O)CCCC(N)=O)CC(C3)N4)cc2)cc1C. The maximum absolute atomic E-state index is 14.8. The number of nitrogens with zero attached hydrogens (tertiary/aromatic N) is 2. The fourth-order valence-electron chi connectivity index (χ4n) is 6.79. The molecule has 2 aliphatic heterocycles. The number of amides is 3. The van der Waals surface area contributed by atoms with Gasteiger partial charge in [-0.25, -0.2) is 4.39 Å². The first-order valence-electron chi connectivity index (χ1n) is 17.3. The molecule has 0 spiro atoms. The number of rotatable bonds is 14. The average Bonchev–Trinajstić information content (AvgIpc) is 3.93. The molecule has 2 bridgehead atoms. The molecule has 2 heterocycles. The third-order valence-electron chi connectivity index (χ3n) is 9.71. The number of aryl methyl sites for hydroxylation is 2. The van der Waals surface area contributed by atoms with Gasteiger partial charge in [-0.1, -0.05) is 41.9 Å². The van der Waals surface area contributed by atoms with Crippen LogP contribution in [-0.2, 0) is 20.9 Å². The van der Waals surface area contributed by atoms with E-state index >= 15 is 0 Å². The van der Waals surface area contributed by atoms with E-state index in [4.69, 9.17) is 26.8 Å². The largest absolute Gasteiger partial charge is 0.490 e. The summed E-state index contributed by atoms with van der Waals surface area (Å²) in [5.74, 6) is 0.303. The molecule has 0 aromatic heterocycles. The number of nitrogens with two attached hydrogens (primary N) is 1. The Labute approximate surface area is 297 Å². The standard InChI is InChI=1S/C39H44ClFN4O5/c1-24-18-32(40)35(19-25(24)2)50-17-16-49-30-14-10-26(11-15-30)31-20-28-22-44(37(47)9-5-8-36(42)46)23-34(43-28)38(31)39(48)45(29-12-13-29)21-27-6-3-4-7-33(27)41/h3-4,6-7,10-11,14-15,18-19,28-29,34,43H,5,8-9,12-13,16-17,20-23H2,1-2H3,(H2,42,46)/t28?,34-/m1/s1. The minimum atomic E-state index is -0.433. The van der Waals surface area contributed by atoms with Gasteiger partial charge in [-0.3, -0.25) is 14.4 Å². The van der Waals surface area contributed by atoms with E-state index in [-0.39, 0.29) is 49.1 Å². The quantitative estimate of drug-likeness (QED) is 0.208. The molecular weight excluding hydrogens is 659 g/mol. The van der Waals surface area contributed by atoms with Gasteiger partial charge in [0.1, 0.15) is 30.5 Å². The Hall–Kier alpha value is -4.41. The van der Waals surface area contributed by atoms with Crippen LogP contribution < -0.4 is 20.5 Å². The minimum Gasteiger partial charge on any atom is -0.490 e. The Balaban J connectivity index is 1.22. The van der Waals surface area contributed by atoms with Crippen molar-refractivity contribution >= 4 is 34.9 Å². The maximum Gasteiger partial charge on any atom is 0.252 e. The molecule has 264 valence electrons. The monoisotopic (exact) mass is 702 g/mol. The second-order valence-electron chi connectivity index (χ2n) is 13.5. The maximum atomic E-state index is 14.8. The van der Waals surface area contributed by atoms with Gasteiger partial charge in [0, 0.05) is 55.7 Å². The van der Waals surface area contributed by atoms with Crippen molar-refractivity contribution in [3.05, 3.63) is 99.3 Å². The van der Waals surface area contributed by atoms with Crippen LogP contribution in [0.4, 0.5) is 4.39 Å². The predicted octanol–water partition coefficient (Wildman–Crippen LogP) is 5.73. The molecule has 1 saturated heterocycles. The lowest BCUT2D eigenvalue weighted by molar-refractivity contribution is -0.134. The van der Waals surface area contributed by atoms with Crippen molar-refractivity contribution in [1.82, 2.24) is 15.1 Å². The van der Waals surface area contributed by atoms with Crippen LogP contribution in [0.25, 0.3) is 5.57 Å². The van der Waals surface area contributed by atoms with Crippen LogP contribution in [0.1, 0.15) is 60.8 Å². The van der Waals surface area contributed by atoms with Crippen molar-refractivity contribution in [3.63, 3.8) is 0 Å². The highest BCUT2D eigenvalue weighted by Crippen LogP contribution is 2.38. The van der Waals surface area contributed by atoms with Crippen molar-refractivity contribution in [2.45, 2.75) is 77.0 Å². The summed E-state index contributed by atoms with van der Waals surface area (Å²) in [6.07, 6.45) is 3.01. The molecule has 1 unspecified atom stereocenters. The van der Waals surface area contributed by atoms with Gasteiger partial charge >= 0.3 is 0 Å². The van der Waals surface area contributed by atoms with Crippen LogP contribution in [0.2, 0.25) is 5.02 Å². The first kappa shape index (κ1) is 35.4. The van der Waals surface area contributed by atoms with Crippen LogP contribution in [0.3, 0.4) is 0 Å². The summed E-state index contributed by atoms with van der Waals surface area (Å²) in [7, 11) is 0. The van der Waals surface area contributed by atoms with E-state index in [0.29, 0.717) is 66.8 Å². The summed E-state index contributed by atoms with van der Waals surface area (Å²) >= 11 is 6.35. The highest BCUT2D eigenvalue weighted by Gasteiger charge is 2.43. The number of fused-ring (bicyclic) bond motifs is 2. The van der Waals surface area contributed by atoms with Crippen LogP contribution >= 0.6 is 11.6 Å². The molecular formula is C39H44ClFN4O5. The molecule has 2 fully saturated rings. The fourth-order valence-corrected chi connectivity index (χ4v) is 7.06. The third-order valence-corrected chi connectivity index (χ3v) is 10.0. The molecule has 2 atom stereocenters. The number of halogens is 2. The number of nitrogens with one attached hydrogen (secondary N) is 1. The molecule has 3 amide bonds. The zero-order valence-corrected chi connectivity index (χ0v) is 29.3. The molecule has 3 aliphatic rings. The number of benzene rings is 3. The fraction of sp³-hybridized carbons (Fsp3) is 0.410. The summed E-state index contributed by atoms with van der Waals surface area (Å²) < 4.78 is 26.6. The van der Waals surface area contributed by atoms with Gasteiger partial charge in [-0.15, -0.1) is 0 Å². The predicted molar refractivity (Wildman–Crippen MR) is 190 cm³/mol. The van der Waals surface area contributed by atoms with E-state index in [1.165, 1.54) is 6.07 Å². The van der Waals surface area contributed by atoms with Gasteiger partial charge in [0.15, 0.2) is 0 Å². The number of hydrogen-bond donors (Lipinski definition) is 2. The van der Waals surface area contributed by atoms with E-state index in [0.717, 1.165) is 35.1 Å². The first-order chi connectivity index (χ1) is 24.1. The lowest BCUT2D eigenvalue weighted by Gasteiger charge is -2.45. The summed E-state index contributed by atoms with van der Waals surface area (Å²) in [5, 5.41) is 4.17. The van der Waals surface area contributed by atoms with Gasteiger partial charge in [-0.2, -0.15) is 0 Å². The summed E-state index contributed by atoms with van der Waals surface area (Å²) in [4.78, 5) is 42.7. The lowest BCUT2D eigenvalue weighted by Crippen LogP contribution is -2.62. The summed E-state index contributed by atoms with van der Waals surface area (Å²) in [6, 6.07) is 17.6. The van der Waals surface area contributed by atoms with Gasteiger partial charge < -0.3 is 30.3 Å². The Morgan fingerprint density at radius 1 is 0.980 bits per heavy atom. The van der Waals surface area contributed by atoms with E-state index < -0.39 is 11.9 Å². The van der Waals surface area contributed by atoms with Gasteiger partial charge in [0.05, 0.1) is 11.1 Å². The van der Waals surface area contributed by atoms with Gasteiger partial charge in [-0.05, 0) is 92.1 Å². The molecule has 11 heteroatoms. The zero-order chi connectivity index (χ0) is 35.4. The Bertz CT molecular complexity index is 1780. The van der Waals surface area contributed by atoms with Crippen molar-refractivity contribution in [2.24, 2.45) is 5.73 Å².